The Hall–Kier alpha value is -2.76. The second kappa shape index (κ2) is 8.54. The third-order valence-electron chi connectivity index (χ3n) is 6.46. The smallest absolute Gasteiger partial charge is 0.211 e. The fraction of sp³-hybridized carbons (Fsp3) is 0.500. The van der Waals surface area contributed by atoms with E-state index in [1.165, 1.54) is 6.26 Å². The van der Waals surface area contributed by atoms with Crippen LogP contribution in [0.15, 0.2) is 24.5 Å². The van der Waals surface area contributed by atoms with E-state index < -0.39 is 10.0 Å². The number of pyridine rings is 2. The molecule has 2 saturated heterocycles. The fourth-order valence-corrected chi connectivity index (χ4v) is 5.50. The lowest BCUT2D eigenvalue weighted by atomic mass is 10.0. The number of aromatic amines is 1. The highest BCUT2D eigenvalue weighted by Gasteiger charge is 2.28. The van der Waals surface area contributed by atoms with Crippen molar-refractivity contribution in [3.63, 3.8) is 0 Å². The van der Waals surface area contributed by atoms with Crippen LogP contribution in [0.1, 0.15) is 12.5 Å². The number of nitrogens with zero attached hydrogens (tertiary/aromatic N) is 6. The molecule has 5 heterocycles. The van der Waals surface area contributed by atoms with Crippen molar-refractivity contribution >= 4 is 32.4 Å². The average Bonchev–Trinajstić information content (AvgIpc) is 3.33. The number of morpholine rings is 1. The molecule has 0 aromatic carbocycles. The van der Waals surface area contributed by atoms with Gasteiger partial charge in [-0.2, -0.15) is 9.40 Å². The van der Waals surface area contributed by atoms with E-state index in [1.54, 1.807) is 10.5 Å². The molecule has 2 aliphatic rings. The van der Waals surface area contributed by atoms with Crippen LogP contribution < -0.4 is 9.80 Å². The molecule has 1 N–H and O–H groups in total. The van der Waals surface area contributed by atoms with E-state index in [2.05, 4.69) is 33.0 Å². The highest BCUT2D eigenvalue weighted by atomic mass is 32.2. The fourth-order valence-electron chi connectivity index (χ4n) is 4.68. The number of anilines is 2. The molecule has 0 saturated carbocycles. The molecule has 11 heteroatoms. The molecule has 0 radical (unpaired) electrons. The van der Waals surface area contributed by atoms with E-state index in [4.69, 9.17) is 14.7 Å². The zero-order chi connectivity index (χ0) is 23.2. The Morgan fingerprint density at radius 3 is 2.64 bits per heavy atom. The quantitative estimate of drug-likeness (QED) is 0.612. The van der Waals surface area contributed by atoms with E-state index >= 15 is 0 Å². The lowest BCUT2D eigenvalue weighted by Crippen LogP contribution is -2.48. The van der Waals surface area contributed by atoms with Gasteiger partial charge in [0.2, 0.25) is 10.0 Å². The molecule has 3 aromatic heterocycles. The van der Waals surface area contributed by atoms with Crippen molar-refractivity contribution in [2.24, 2.45) is 0 Å². The van der Waals surface area contributed by atoms with Gasteiger partial charge >= 0.3 is 0 Å². The summed E-state index contributed by atoms with van der Waals surface area (Å²) in [6, 6.07) is 4.24. The number of hydrogen-bond acceptors (Lipinski definition) is 8. The molecule has 2 aliphatic heterocycles. The summed E-state index contributed by atoms with van der Waals surface area (Å²) in [5.41, 5.74) is 4.47. The molecule has 1 atom stereocenters. The van der Waals surface area contributed by atoms with Crippen LogP contribution in [0.5, 0.6) is 0 Å². The van der Waals surface area contributed by atoms with E-state index in [0.717, 1.165) is 45.9 Å². The number of aromatic nitrogens is 4. The first-order chi connectivity index (χ1) is 15.8. The van der Waals surface area contributed by atoms with Gasteiger partial charge < -0.3 is 14.5 Å². The Kier molecular flexibility index (Phi) is 5.71. The number of nitrogens with one attached hydrogen (secondary N) is 1. The van der Waals surface area contributed by atoms with Gasteiger partial charge in [0.15, 0.2) is 0 Å². The zero-order valence-corrected chi connectivity index (χ0v) is 20.0. The number of aryl methyl sites for hydroxylation is 1. The molecule has 10 nitrogen and oxygen atoms in total. The van der Waals surface area contributed by atoms with Crippen LogP contribution >= 0.6 is 0 Å². The van der Waals surface area contributed by atoms with Crippen molar-refractivity contribution < 1.29 is 13.2 Å². The van der Waals surface area contributed by atoms with Gasteiger partial charge in [-0.15, -0.1) is 0 Å². The highest BCUT2D eigenvalue weighted by molar-refractivity contribution is 7.88. The lowest BCUT2D eigenvalue weighted by Gasteiger charge is -2.38. The second-order valence-corrected chi connectivity index (χ2v) is 10.7. The Bertz CT molecular complexity index is 1250. The Morgan fingerprint density at radius 1 is 1.18 bits per heavy atom. The minimum Gasteiger partial charge on any atom is -0.377 e. The van der Waals surface area contributed by atoms with Gasteiger partial charge in [0.1, 0.15) is 17.0 Å². The average molecular weight is 472 g/mol. The predicted molar refractivity (Wildman–Crippen MR) is 128 cm³/mol. The third-order valence-corrected chi connectivity index (χ3v) is 7.76. The van der Waals surface area contributed by atoms with Crippen LogP contribution in [-0.2, 0) is 14.8 Å². The number of fused-ring (bicyclic) bond motifs is 1. The SMILES string of the molecule is Cc1cnc(-c2ccn[nH]2)c2nc(N3CCOC[C@H]3C)cc(N3CCN(S(C)(=O)=O)CC3)c12. The van der Waals surface area contributed by atoms with Gasteiger partial charge in [0.25, 0.3) is 0 Å². The molecule has 0 bridgehead atoms. The number of piperazine rings is 1. The summed E-state index contributed by atoms with van der Waals surface area (Å²) in [5, 5.41) is 8.16. The molecule has 176 valence electrons. The van der Waals surface area contributed by atoms with Crippen molar-refractivity contribution in [3.8, 4) is 11.4 Å². The summed E-state index contributed by atoms with van der Waals surface area (Å²) in [6.45, 7) is 8.41. The van der Waals surface area contributed by atoms with Gasteiger partial charge in [-0.3, -0.25) is 10.1 Å². The first-order valence-electron chi connectivity index (χ1n) is 11.2. The number of ether oxygens (including phenoxy) is 1. The molecular weight excluding hydrogens is 442 g/mol. The molecule has 0 spiro atoms. The molecule has 0 amide bonds. The Morgan fingerprint density at radius 2 is 1.97 bits per heavy atom. The van der Waals surface area contributed by atoms with E-state index in [9.17, 15) is 8.42 Å². The van der Waals surface area contributed by atoms with Crippen LogP contribution in [0.3, 0.4) is 0 Å². The maximum Gasteiger partial charge on any atom is 0.211 e. The number of H-pyrrole nitrogens is 1. The van der Waals surface area contributed by atoms with Crippen molar-refractivity contribution in [2.75, 3.05) is 62.0 Å². The summed E-state index contributed by atoms with van der Waals surface area (Å²) >= 11 is 0. The number of hydrogen-bond donors (Lipinski definition) is 1. The molecule has 5 rings (SSSR count). The van der Waals surface area contributed by atoms with Crippen LogP contribution in [0.4, 0.5) is 11.5 Å². The van der Waals surface area contributed by atoms with Crippen LogP contribution in [-0.4, -0.2) is 91.1 Å². The number of sulfonamides is 1. The normalized spacial score (nSPS) is 20.5. The summed E-state index contributed by atoms with van der Waals surface area (Å²) in [7, 11) is -3.20. The lowest BCUT2D eigenvalue weighted by molar-refractivity contribution is 0.0986. The first-order valence-corrected chi connectivity index (χ1v) is 13.0. The summed E-state index contributed by atoms with van der Waals surface area (Å²) in [5.74, 6) is 0.881. The van der Waals surface area contributed by atoms with E-state index in [0.29, 0.717) is 39.4 Å². The second-order valence-electron chi connectivity index (χ2n) is 8.75. The van der Waals surface area contributed by atoms with Crippen LogP contribution in [0.2, 0.25) is 0 Å². The zero-order valence-electron chi connectivity index (χ0n) is 19.2. The van der Waals surface area contributed by atoms with Crippen molar-refractivity contribution in [2.45, 2.75) is 19.9 Å². The van der Waals surface area contributed by atoms with Gasteiger partial charge in [-0.25, -0.2) is 13.4 Å². The molecule has 0 unspecified atom stereocenters. The minimum atomic E-state index is -3.20. The van der Waals surface area contributed by atoms with Gasteiger partial charge in [-0.05, 0) is 25.5 Å². The summed E-state index contributed by atoms with van der Waals surface area (Å²) in [6.07, 6.45) is 4.85. The maximum atomic E-state index is 12.0. The summed E-state index contributed by atoms with van der Waals surface area (Å²) in [4.78, 5) is 14.3. The maximum absolute atomic E-state index is 12.0. The molecule has 2 fully saturated rings. The topological polar surface area (TPSA) is 108 Å². The van der Waals surface area contributed by atoms with Crippen LogP contribution in [0.25, 0.3) is 22.3 Å². The van der Waals surface area contributed by atoms with E-state index in [1.807, 2.05) is 19.2 Å². The monoisotopic (exact) mass is 471 g/mol. The Balaban J connectivity index is 1.66. The summed E-state index contributed by atoms with van der Waals surface area (Å²) < 4.78 is 31.2. The molecule has 0 aliphatic carbocycles. The van der Waals surface area contributed by atoms with Crippen molar-refractivity contribution in [1.29, 1.82) is 0 Å². The minimum absolute atomic E-state index is 0.201. The Labute approximate surface area is 193 Å². The third kappa shape index (κ3) is 4.16. The number of rotatable bonds is 4. The molecule has 3 aromatic rings. The molecular formula is C22H29N7O3S. The van der Waals surface area contributed by atoms with E-state index in [-0.39, 0.29) is 6.04 Å². The largest absolute Gasteiger partial charge is 0.377 e. The molecule has 33 heavy (non-hydrogen) atoms. The van der Waals surface area contributed by atoms with Crippen LogP contribution in [0, 0.1) is 6.92 Å². The van der Waals surface area contributed by atoms with Crippen molar-refractivity contribution in [1.82, 2.24) is 24.5 Å². The van der Waals surface area contributed by atoms with Gasteiger partial charge in [-0.1, -0.05) is 0 Å². The highest BCUT2D eigenvalue weighted by Crippen LogP contribution is 2.37. The first kappa shape index (κ1) is 22.1. The van der Waals surface area contributed by atoms with Gasteiger partial charge in [0.05, 0.1) is 36.9 Å². The van der Waals surface area contributed by atoms with Gasteiger partial charge in [0, 0.05) is 56.6 Å². The van der Waals surface area contributed by atoms with Crippen molar-refractivity contribution in [3.05, 3.63) is 30.1 Å². The standard InChI is InChI=1S/C22H29N7O3S/c1-15-13-23-21(17-4-5-24-26-17)22-20(15)18(27-6-8-28(9-7-27)33(3,30)31)12-19(25-22)29-10-11-32-14-16(29)2/h4-5,12-13,16H,6-11,14H2,1-3H3,(H,24,26)/t16-/m1/s1. The predicted octanol–water partition coefficient (Wildman–Crippen LogP) is 1.64.